The molecule has 0 aliphatic rings. The summed E-state index contributed by atoms with van der Waals surface area (Å²) in [5.41, 5.74) is 7.36. The maximum atomic E-state index is 9.89. The Morgan fingerprint density at radius 2 is 2.25 bits per heavy atom. The zero-order chi connectivity index (χ0) is 8.69. The monoisotopic (exact) mass is 265 g/mol. The smallest absolute Gasteiger partial charge is 0.281 e. The largest absolute Gasteiger partial charge is 0.385 e. The van der Waals surface area contributed by atoms with Gasteiger partial charge in [0.1, 0.15) is 5.82 Å². The first-order valence-corrected chi connectivity index (χ1v) is 3.56. The van der Waals surface area contributed by atoms with Crippen molar-refractivity contribution in [3.05, 3.63) is 12.4 Å². The van der Waals surface area contributed by atoms with E-state index in [0.717, 1.165) is 6.21 Å². The maximum absolute atomic E-state index is 9.89. The van der Waals surface area contributed by atoms with E-state index in [4.69, 9.17) is 10.3 Å². The predicted octanol–water partition coefficient (Wildman–Crippen LogP) is -0.803. The van der Waals surface area contributed by atoms with Crippen LogP contribution in [0.5, 0.6) is 0 Å². The molecule has 6 nitrogen and oxygen atoms in total. The standard InChI is InChI=1S/C4H8N4O2S.Y/c1-4(5)8-6-2-3-7-11(9)10;/h2-3,8H,1,5H2,(H,9,10);/b6-2?,7-3-;. The molecule has 12 heavy (non-hydrogen) atoms. The van der Waals surface area contributed by atoms with Crippen molar-refractivity contribution in [2.24, 2.45) is 15.2 Å². The molecule has 0 saturated carbocycles. The Hall–Kier alpha value is -0.106. The molecule has 0 aliphatic heterocycles. The van der Waals surface area contributed by atoms with Crippen molar-refractivity contribution in [2.75, 3.05) is 0 Å². The quantitative estimate of drug-likeness (QED) is 0.352. The first kappa shape index (κ1) is 14.4. The summed E-state index contributed by atoms with van der Waals surface area (Å²) in [4.78, 5) is 0. The number of nitrogens with one attached hydrogen (secondary N) is 1. The Balaban J connectivity index is 0. The third kappa shape index (κ3) is 12.6. The molecule has 0 aromatic carbocycles. The van der Waals surface area contributed by atoms with E-state index in [1.165, 1.54) is 6.21 Å². The van der Waals surface area contributed by atoms with Gasteiger partial charge in [0.25, 0.3) is 11.3 Å². The van der Waals surface area contributed by atoms with Crippen molar-refractivity contribution in [3.63, 3.8) is 0 Å². The molecule has 1 atom stereocenters. The number of hydrogen-bond acceptors (Lipinski definition) is 4. The molecule has 0 amide bonds. The Bertz CT molecular complexity index is 217. The fraction of sp³-hybridized carbons (Fsp3) is 0. The first-order valence-electron chi connectivity index (χ1n) is 2.50. The van der Waals surface area contributed by atoms with E-state index in [1.54, 1.807) is 0 Å². The van der Waals surface area contributed by atoms with Crippen molar-refractivity contribution in [3.8, 4) is 0 Å². The molecule has 0 spiro atoms. The van der Waals surface area contributed by atoms with Crippen molar-refractivity contribution in [1.82, 2.24) is 5.43 Å². The van der Waals surface area contributed by atoms with Gasteiger partial charge in [-0.15, -0.1) is 0 Å². The van der Waals surface area contributed by atoms with Crippen LogP contribution < -0.4 is 11.2 Å². The Morgan fingerprint density at radius 1 is 1.67 bits per heavy atom. The molecule has 4 N–H and O–H groups in total. The van der Waals surface area contributed by atoms with Crippen LogP contribution in [0.3, 0.4) is 0 Å². The summed E-state index contributed by atoms with van der Waals surface area (Å²) in [6, 6.07) is 0. The topological polar surface area (TPSA) is 100 Å². The van der Waals surface area contributed by atoms with Crippen LogP contribution in [-0.4, -0.2) is 21.2 Å². The van der Waals surface area contributed by atoms with Gasteiger partial charge in [0.15, 0.2) is 0 Å². The van der Waals surface area contributed by atoms with Crippen LogP contribution in [0.4, 0.5) is 0 Å². The Morgan fingerprint density at radius 3 is 2.67 bits per heavy atom. The number of hydrazone groups is 1. The van der Waals surface area contributed by atoms with Gasteiger partial charge in [-0.25, -0.2) is 4.21 Å². The fourth-order valence-electron chi connectivity index (χ4n) is 0.233. The summed E-state index contributed by atoms with van der Waals surface area (Å²) in [6.07, 6.45) is 2.23. The Labute approximate surface area is 97.7 Å². The second-order valence-electron chi connectivity index (χ2n) is 1.40. The third-order valence-corrected chi connectivity index (χ3v) is 0.802. The molecule has 0 rings (SSSR count). The van der Waals surface area contributed by atoms with Gasteiger partial charge < -0.3 is 5.73 Å². The molecule has 65 valence electrons. The molecule has 0 bridgehead atoms. The molecule has 0 fully saturated rings. The van der Waals surface area contributed by atoms with E-state index in [9.17, 15) is 4.21 Å². The van der Waals surface area contributed by atoms with Gasteiger partial charge in [0.2, 0.25) is 0 Å². The molecular weight excluding hydrogens is 257 g/mol. The average Bonchev–Trinajstić information content (AvgIpc) is 1.85. The average molecular weight is 265 g/mol. The van der Waals surface area contributed by atoms with E-state index in [-0.39, 0.29) is 38.5 Å². The van der Waals surface area contributed by atoms with Gasteiger partial charge >= 0.3 is 0 Å². The SMILES string of the molecule is C=C(N)NN=C/C=N\S(=O)O.[Y]. The molecule has 1 radical (unpaired) electrons. The predicted molar refractivity (Wildman–Crippen MR) is 44.2 cm³/mol. The van der Waals surface area contributed by atoms with E-state index < -0.39 is 11.3 Å². The van der Waals surface area contributed by atoms with Gasteiger partial charge in [-0.1, -0.05) is 6.58 Å². The molecule has 1 unspecified atom stereocenters. The molecular formula is C4H8N4O2SY. The molecule has 0 aromatic rings. The maximum Gasteiger partial charge on any atom is 0.281 e. The van der Waals surface area contributed by atoms with Crippen molar-refractivity contribution >= 4 is 23.7 Å². The van der Waals surface area contributed by atoms with Crippen LogP contribution in [-0.2, 0) is 44.0 Å². The van der Waals surface area contributed by atoms with Gasteiger partial charge in [-0.05, 0) is 0 Å². The van der Waals surface area contributed by atoms with Gasteiger partial charge in [-0.3, -0.25) is 9.98 Å². The zero-order valence-corrected chi connectivity index (χ0v) is 9.83. The van der Waals surface area contributed by atoms with Crippen LogP contribution in [0.15, 0.2) is 21.9 Å². The molecule has 0 heterocycles. The van der Waals surface area contributed by atoms with Crippen molar-refractivity contribution < 1.29 is 41.5 Å². The fourth-order valence-corrected chi connectivity index (χ4v) is 0.391. The number of nitrogens with zero attached hydrogens (tertiary/aromatic N) is 2. The molecule has 0 saturated heterocycles. The first-order chi connectivity index (χ1) is 5.13. The van der Waals surface area contributed by atoms with Crippen LogP contribution in [0.1, 0.15) is 0 Å². The van der Waals surface area contributed by atoms with Crippen LogP contribution in [0.2, 0.25) is 0 Å². The van der Waals surface area contributed by atoms with Crippen LogP contribution in [0, 0.1) is 0 Å². The van der Waals surface area contributed by atoms with E-state index in [2.05, 4.69) is 21.5 Å². The van der Waals surface area contributed by atoms with Crippen molar-refractivity contribution in [1.29, 1.82) is 0 Å². The summed E-state index contributed by atoms with van der Waals surface area (Å²) in [7, 11) is 0. The summed E-state index contributed by atoms with van der Waals surface area (Å²) in [5.74, 6) is 0.180. The zero-order valence-electron chi connectivity index (χ0n) is 6.17. The van der Waals surface area contributed by atoms with Crippen LogP contribution >= 0.6 is 0 Å². The molecule has 0 aliphatic carbocycles. The summed E-state index contributed by atoms with van der Waals surface area (Å²) in [6.45, 7) is 3.29. The van der Waals surface area contributed by atoms with Crippen molar-refractivity contribution in [2.45, 2.75) is 0 Å². The molecule has 0 aromatic heterocycles. The van der Waals surface area contributed by atoms with E-state index in [0.29, 0.717) is 0 Å². The Kier molecular flexibility index (Phi) is 10.8. The second-order valence-corrected chi connectivity index (χ2v) is 2.07. The number of hydrogen-bond donors (Lipinski definition) is 3. The van der Waals surface area contributed by atoms with E-state index in [1.807, 2.05) is 0 Å². The van der Waals surface area contributed by atoms with Gasteiger partial charge in [0, 0.05) is 32.7 Å². The molecule has 8 heteroatoms. The van der Waals surface area contributed by atoms with Crippen LogP contribution in [0.25, 0.3) is 0 Å². The minimum absolute atomic E-state index is 0. The van der Waals surface area contributed by atoms with Gasteiger partial charge in [0.05, 0.1) is 12.4 Å². The minimum Gasteiger partial charge on any atom is -0.385 e. The summed E-state index contributed by atoms with van der Waals surface area (Å²) in [5, 5.41) is 3.45. The second kappa shape index (κ2) is 8.99. The minimum atomic E-state index is -2.18. The number of nitrogens with two attached hydrogens (primary N) is 1. The van der Waals surface area contributed by atoms with Gasteiger partial charge in [-0.2, -0.15) is 9.50 Å². The normalized spacial score (nSPS) is 12.8. The summed E-state index contributed by atoms with van der Waals surface area (Å²) >= 11 is -2.18. The number of rotatable bonds is 4. The summed E-state index contributed by atoms with van der Waals surface area (Å²) < 4.78 is 21.1. The van der Waals surface area contributed by atoms with E-state index >= 15 is 0 Å². The third-order valence-electron chi connectivity index (χ3n) is 0.500.